The molecule has 0 radical (unpaired) electrons. The van der Waals surface area contributed by atoms with Gasteiger partial charge in [-0.05, 0) is 57.0 Å². The minimum absolute atomic E-state index is 0.313. The summed E-state index contributed by atoms with van der Waals surface area (Å²) < 4.78 is 2.05. The number of fused-ring (bicyclic) bond motifs is 1. The van der Waals surface area contributed by atoms with Gasteiger partial charge in [-0.3, -0.25) is 0 Å². The molecule has 0 aliphatic carbocycles. The number of hydrogen-bond donors (Lipinski definition) is 2. The van der Waals surface area contributed by atoms with E-state index < -0.39 is 0 Å². The molecule has 1 atom stereocenters. The Hall–Kier alpha value is -1.39. The molecule has 19 heavy (non-hydrogen) atoms. The predicted octanol–water partition coefficient (Wildman–Crippen LogP) is 1.83. The number of imidazole rings is 1. The molecular weight excluding hydrogens is 236 g/mol. The first kappa shape index (κ1) is 14.0. The van der Waals surface area contributed by atoms with Crippen LogP contribution in [0.5, 0.6) is 0 Å². The number of hydrogen-bond acceptors (Lipinski definition) is 3. The van der Waals surface area contributed by atoms with Gasteiger partial charge in [-0.2, -0.15) is 0 Å². The lowest BCUT2D eigenvalue weighted by Gasteiger charge is -2.07. The molecule has 0 aliphatic heterocycles. The van der Waals surface area contributed by atoms with Crippen LogP contribution in [0.1, 0.15) is 25.3 Å². The van der Waals surface area contributed by atoms with Crippen LogP contribution in [0.25, 0.3) is 11.0 Å². The molecule has 0 amide bonds. The molecule has 0 bridgehead atoms. The van der Waals surface area contributed by atoms with Crippen LogP contribution in [-0.2, 0) is 13.5 Å². The lowest BCUT2D eigenvalue weighted by Crippen LogP contribution is -2.21. The van der Waals surface area contributed by atoms with Gasteiger partial charge in [-0.25, -0.2) is 4.98 Å². The van der Waals surface area contributed by atoms with E-state index in [9.17, 15) is 0 Å². The zero-order chi connectivity index (χ0) is 13.7. The van der Waals surface area contributed by atoms with Crippen molar-refractivity contribution in [3.05, 3.63) is 30.1 Å². The Balaban J connectivity index is 1.75. The molecule has 0 saturated carbocycles. The fraction of sp³-hybridized carbons (Fsp3) is 0.533. The van der Waals surface area contributed by atoms with E-state index in [0.29, 0.717) is 6.04 Å². The first-order valence-corrected chi connectivity index (χ1v) is 7.03. The van der Waals surface area contributed by atoms with Gasteiger partial charge < -0.3 is 15.6 Å². The lowest BCUT2D eigenvalue weighted by atomic mass is 10.1. The van der Waals surface area contributed by atoms with E-state index in [1.807, 2.05) is 17.9 Å². The third-order valence-corrected chi connectivity index (χ3v) is 3.39. The van der Waals surface area contributed by atoms with Crippen molar-refractivity contribution in [2.75, 3.05) is 13.1 Å². The van der Waals surface area contributed by atoms with Crippen LogP contribution in [0.3, 0.4) is 0 Å². The van der Waals surface area contributed by atoms with Gasteiger partial charge in [0.25, 0.3) is 0 Å². The van der Waals surface area contributed by atoms with Crippen molar-refractivity contribution in [1.82, 2.24) is 14.9 Å². The van der Waals surface area contributed by atoms with Crippen molar-refractivity contribution in [1.29, 1.82) is 0 Å². The van der Waals surface area contributed by atoms with Crippen LogP contribution in [0.2, 0.25) is 0 Å². The zero-order valence-electron chi connectivity index (χ0n) is 11.9. The molecule has 104 valence electrons. The summed E-state index contributed by atoms with van der Waals surface area (Å²) in [5.41, 5.74) is 9.32. The van der Waals surface area contributed by atoms with Gasteiger partial charge in [0.1, 0.15) is 0 Å². The molecule has 0 spiro atoms. The maximum absolute atomic E-state index is 5.72. The second-order valence-corrected chi connectivity index (χ2v) is 5.30. The molecule has 0 saturated heterocycles. The molecule has 1 aromatic carbocycles. The van der Waals surface area contributed by atoms with Crippen LogP contribution < -0.4 is 11.1 Å². The Kier molecular flexibility index (Phi) is 4.93. The van der Waals surface area contributed by atoms with Crippen molar-refractivity contribution in [2.24, 2.45) is 12.8 Å². The van der Waals surface area contributed by atoms with E-state index in [-0.39, 0.29) is 0 Å². The number of nitrogens with one attached hydrogen (secondary N) is 1. The summed E-state index contributed by atoms with van der Waals surface area (Å²) in [6.45, 7) is 4.12. The number of benzene rings is 1. The summed E-state index contributed by atoms with van der Waals surface area (Å²) in [6.07, 6.45) is 5.15. The number of aryl methyl sites for hydroxylation is 1. The van der Waals surface area contributed by atoms with Gasteiger partial charge in [0.05, 0.1) is 17.4 Å². The standard InChI is InChI=1S/C15H24N4/c1-12(16)4-3-8-17-9-7-13-5-6-15-14(10-13)18-11-19(15)2/h5-6,10-12,17H,3-4,7-9,16H2,1-2H3. The SMILES string of the molecule is CC(N)CCCNCCc1ccc2c(c1)ncn2C. The maximum atomic E-state index is 5.72. The number of aromatic nitrogens is 2. The maximum Gasteiger partial charge on any atom is 0.0955 e. The molecule has 2 aromatic rings. The van der Waals surface area contributed by atoms with Crippen molar-refractivity contribution < 1.29 is 0 Å². The van der Waals surface area contributed by atoms with Crippen molar-refractivity contribution >= 4 is 11.0 Å². The fourth-order valence-electron chi connectivity index (χ4n) is 2.24. The Labute approximate surface area is 115 Å². The molecule has 1 unspecified atom stereocenters. The normalized spacial score (nSPS) is 13.0. The highest BCUT2D eigenvalue weighted by molar-refractivity contribution is 5.75. The average Bonchev–Trinajstić information content (AvgIpc) is 2.75. The minimum atomic E-state index is 0.313. The highest BCUT2D eigenvalue weighted by Gasteiger charge is 2.01. The van der Waals surface area contributed by atoms with E-state index in [0.717, 1.165) is 37.9 Å². The van der Waals surface area contributed by atoms with Crippen LogP contribution in [-0.4, -0.2) is 28.7 Å². The molecular formula is C15H24N4. The summed E-state index contributed by atoms with van der Waals surface area (Å²) >= 11 is 0. The molecule has 0 fully saturated rings. The molecule has 3 N–H and O–H groups in total. The highest BCUT2D eigenvalue weighted by atomic mass is 15.0. The second-order valence-electron chi connectivity index (χ2n) is 5.30. The average molecular weight is 260 g/mol. The lowest BCUT2D eigenvalue weighted by molar-refractivity contribution is 0.575. The van der Waals surface area contributed by atoms with Gasteiger partial charge in [-0.15, -0.1) is 0 Å². The summed E-state index contributed by atoms with van der Waals surface area (Å²) in [4.78, 5) is 4.38. The van der Waals surface area contributed by atoms with Crippen LogP contribution in [0.4, 0.5) is 0 Å². The third kappa shape index (κ3) is 4.04. The second kappa shape index (κ2) is 6.68. The molecule has 4 heteroatoms. The Morgan fingerprint density at radius 1 is 1.37 bits per heavy atom. The van der Waals surface area contributed by atoms with Gasteiger partial charge >= 0.3 is 0 Å². The number of nitrogens with two attached hydrogens (primary N) is 1. The van der Waals surface area contributed by atoms with Crippen LogP contribution in [0, 0.1) is 0 Å². The van der Waals surface area contributed by atoms with E-state index in [1.54, 1.807) is 0 Å². The smallest absolute Gasteiger partial charge is 0.0955 e. The van der Waals surface area contributed by atoms with E-state index in [2.05, 4.69) is 35.4 Å². The first-order valence-electron chi connectivity index (χ1n) is 7.03. The van der Waals surface area contributed by atoms with Crippen molar-refractivity contribution in [3.8, 4) is 0 Å². The van der Waals surface area contributed by atoms with E-state index in [4.69, 9.17) is 5.73 Å². The van der Waals surface area contributed by atoms with E-state index >= 15 is 0 Å². The van der Waals surface area contributed by atoms with Crippen LogP contribution in [0.15, 0.2) is 24.5 Å². The summed E-state index contributed by atoms with van der Waals surface area (Å²) in [5.74, 6) is 0. The highest BCUT2D eigenvalue weighted by Crippen LogP contribution is 2.13. The van der Waals surface area contributed by atoms with Gasteiger partial charge in [-0.1, -0.05) is 6.07 Å². The van der Waals surface area contributed by atoms with Crippen molar-refractivity contribution in [3.63, 3.8) is 0 Å². The fourth-order valence-corrected chi connectivity index (χ4v) is 2.24. The molecule has 1 heterocycles. The summed E-state index contributed by atoms with van der Waals surface area (Å²) in [6, 6.07) is 6.83. The predicted molar refractivity (Wildman–Crippen MR) is 80.2 cm³/mol. The van der Waals surface area contributed by atoms with Crippen molar-refractivity contribution in [2.45, 2.75) is 32.2 Å². The summed E-state index contributed by atoms with van der Waals surface area (Å²) in [5, 5.41) is 3.46. The zero-order valence-corrected chi connectivity index (χ0v) is 11.9. The van der Waals surface area contributed by atoms with Crippen LogP contribution >= 0.6 is 0 Å². The Morgan fingerprint density at radius 2 is 2.21 bits per heavy atom. The van der Waals surface area contributed by atoms with Gasteiger partial charge in [0.15, 0.2) is 0 Å². The Morgan fingerprint density at radius 3 is 3.00 bits per heavy atom. The van der Waals surface area contributed by atoms with Gasteiger partial charge in [0.2, 0.25) is 0 Å². The monoisotopic (exact) mass is 260 g/mol. The molecule has 4 nitrogen and oxygen atoms in total. The van der Waals surface area contributed by atoms with E-state index in [1.165, 1.54) is 11.1 Å². The molecule has 1 aromatic heterocycles. The minimum Gasteiger partial charge on any atom is -0.334 e. The van der Waals surface area contributed by atoms with Gasteiger partial charge in [0, 0.05) is 13.1 Å². The molecule has 0 aliphatic rings. The summed E-state index contributed by atoms with van der Waals surface area (Å²) in [7, 11) is 2.02. The largest absolute Gasteiger partial charge is 0.334 e. The molecule has 2 rings (SSSR count). The Bertz CT molecular complexity index is 516. The third-order valence-electron chi connectivity index (χ3n) is 3.39. The first-order chi connectivity index (χ1) is 9.16. The quantitative estimate of drug-likeness (QED) is 0.747. The topological polar surface area (TPSA) is 55.9 Å². The number of nitrogens with zero attached hydrogens (tertiary/aromatic N) is 2. The number of rotatable bonds is 7.